The van der Waals surface area contributed by atoms with Crippen LogP contribution in [0.25, 0.3) is 0 Å². The molecule has 0 saturated carbocycles. The lowest BCUT2D eigenvalue weighted by Crippen LogP contribution is -2.29. The average molecular weight is 299 g/mol. The van der Waals surface area contributed by atoms with Gasteiger partial charge in [-0.15, -0.1) is 0 Å². The summed E-state index contributed by atoms with van der Waals surface area (Å²) in [5.74, 6) is 0.291. The van der Waals surface area contributed by atoms with Crippen LogP contribution < -0.4 is 0 Å². The third-order valence-corrected chi connectivity index (χ3v) is 3.98. The standard InChI is InChI=1S/C14H19BrO2/c1-2-14-12(6-7-17-14)13(16)9-10-4-3-5-11(15)8-10/h3-5,8,12-14,16H,2,6-7,9H2,1H3. The van der Waals surface area contributed by atoms with Crippen LogP contribution in [0.5, 0.6) is 0 Å². The largest absolute Gasteiger partial charge is 0.392 e. The van der Waals surface area contributed by atoms with E-state index >= 15 is 0 Å². The van der Waals surface area contributed by atoms with E-state index in [0.717, 1.165) is 23.9 Å². The van der Waals surface area contributed by atoms with E-state index in [1.165, 1.54) is 5.56 Å². The van der Waals surface area contributed by atoms with Crippen molar-refractivity contribution in [3.05, 3.63) is 34.3 Å². The number of ether oxygens (including phenoxy) is 1. The smallest absolute Gasteiger partial charge is 0.0634 e. The zero-order valence-corrected chi connectivity index (χ0v) is 11.7. The van der Waals surface area contributed by atoms with E-state index in [0.29, 0.717) is 12.3 Å². The van der Waals surface area contributed by atoms with Gasteiger partial charge in [0.1, 0.15) is 0 Å². The summed E-state index contributed by atoms with van der Waals surface area (Å²) in [5, 5.41) is 10.3. The maximum Gasteiger partial charge on any atom is 0.0634 e. The summed E-state index contributed by atoms with van der Waals surface area (Å²) in [6, 6.07) is 8.14. The first-order chi connectivity index (χ1) is 8.20. The molecule has 0 aromatic heterocycles. The molecule has 0 bridgehead atoms. The monoisotopic (exact) mass is 298 g/mol. The van der Waals surface area contributed by atoms with E-state index in [1.54, 1.807) is 0 Å². The molecule has 1 fully saturated rings. The molecular weight excluding hydrogens is 280 g/mol. The molecule has 0 aliphatic carbocycles. The van der Waals surface area contributed by atoms with Crippen molar-refractivity contribution in [3.8, 4) is 0 Å². The highest BCUT2D eigenvalue weighted by molar-refractivity contribution is 9.10. The Labute approximate surface area is 111 Å². The van der Waals surface area contributed by atoms with Gasteiger partial charge in [0.15, 0.2) is 0 Å². The van der Waals surface area contributed by atoms with Crippen LogP contribution >= 0.6 is 15.9 Å². The molecule has 0 radical (unpaired) electrons. The maximum atomic E-state index is 10.3. The summed E-state index contributed by atoms with van der Waals surface area (Å²) < 4.78 is 6.69. The summed E-state index contributed by atoms with van der Waals surface area (Å²) in [7, 11) is 0. The predicted octanol–water partition coefficient (Wildman–Crippen LogP) is 3.17. The van der Waals surface area contributed by atoms with Crippen LogP contribution in [0.3, 0.4) is 0 Å². The number of benzene rings is 1. The number of halogens is 1. The quantitative estimate of drug-likeness (QED) is 0.925. The van der Waals surface area contributed by atoms with Crippen molar-refractivity contribution in [3.63, 3.8) is 0 Å². The molecule has 1 N–H and O–H groups in total. The minimum absolute atomic E-state index is 0.233. The SMILES string of the molecule is CCC1OCCC1C(O)Cc1cccc(Br)c1. The van der Waals surface area contributed by atoms with E-state index in [1.807, 2.05) is 12.1 Å². The fourth-order valence-electron chi connectivity index (χ4n) is 2.58. The lowest BCUT2D eigenvalue weighted by atomic mass is 9.89. The molecular formula is C14H19BrO2. The van der Waals surface area contributed by atoms with Crippen molar-refractivity contribution < 1.29 is 9.84 Å². The molecule has 2 rings (SSSR count). The number of aliphatic hydroxyl groups excluding tert-OH is 1. The van der Waals surface area contributed by atoms with Crippen molar-refractivity contribution in [1.82, 2.24) is 0 Å². The van der Waals surface area contributed by atoms with Gasteiger partial charge in [-0.05, 0) is 37.0 Å². The Morgan fingerprint density at radius 1 is 1.53 bits per heavy atom. The molecule has 1 saturated heterocycles. The Morgan fingerprint density at radius 2 is 2.35 bits per heavy atom. The number of rotatable bonds is 4. The summed E-state index contributed by atoms with van der Waals surface area (Å²) >= 11 is 3.45. The highest BCUT2D eigenvalue weighted by Crippen LogP contribution is 2.28. The zero-order chi connectivity index (χ0) is 12.3. The summed E-state index contributed by atoms with van der Waals surface area (Å²) in [4.78, 5) is 0. The molecule has 1 aliphatic heterocycles. The topological polar surface area (TPSA) is 29.5 Å². The van der Waals surface area contributed by atoms with Gasteiger partial charge in [0.05, 0.1) is 12.2 Å². The first-order valence-corrected chi connectivity index (χ1v) is 7.04. The Hall–Kier alpha value is -0.380. The fraction of sp³-hybridized carbons (Fsp3) is 0.571. The minimum atomic E-state index is -0.295. The first kappa shape index (κ1) is 13.1. The van der Waals surface area contributed by atoms with Gasteiger partial charge in [0, 0.05) is 17.0 Å². The second kappa shape index (κ2) is 5.98. The highest BCUT2D eigenvalue weighted by Gasteiger charge is 2.32. The summed E-state index contributed by atoms with van der Waals surface area (Å²) in [6.07, 6.45) is 2.62. The van der Waals surface area contributed by atoms with Crippen LogP contribution in [0, 0.1) is 5.92 Å². The van der Waals surface area contributed by atoms with Crippen LogP contribution in [0.15, 0.2) is 28.7 Å². The van der Waals surface area contributed by atoms with Gasteiger partial charge >= 0.3 is 0 Å². The van der Waals surface area contributed by atoms with Crippen molar-refractivity contribution in [1.29, 1.82) is 0 Å². The summed E-state index contributed by atoms with van der Waals surface area (Å²) in [6.45, 7) is 2.91. The van der Waals surface area contributed by atoms with Crippen molar-refractivity contribution >= 4 is 15.9 Å². The van der Waals surface area contributed by atoms with Gasteiger partial charge in [-0.1, -0.05) is 35.0 Å². The normalized spacial score (nSPS) is 26.1. The Balaban J connectivity index is 1.99. The van der Waals surface area contributed by atoms with E-state index in [9.17, 15) is 5.11 Å². The number of hydrogen-bond donors (Lipinski definition) is 1. The Kier molecular flexibility index (Phi) is 4.60. The molecule has 1 aromatic carbocycles. The van der Waals surface area contributed by atoms with E-state index in [4.69, 9.17) is 4.74 Å². The predicted molar refractivity (Wildman–Crippen MR) is 72.0 cm³/mol. The molecule has 2 nitrogen and oxygen atoms in total. The molecule has 3 heteroatoms. The van der Waals surface area contributed by atoms with Gasteiger partial charge in [-0.3, -0.25) is 0 Å². The van der Waals surface area contributed by atoms with Crippen LogP contribution in [-0.4, -0.2) is 23.9 Å². The van der Waals surface area contributed by atoms with Gasteiger partial charge in [0.2, 0.25) is 0 Å². The van der Waals surface area contributed by atoms with E-state index < -0.39 is 0 Å². The lowest BCUT2D eigenvalue weighted by molar-refractivity contribution is 0.0318. The third-order valence-electron chi connectivity index (χ3n) is 3.49. The molecule has 94 valence electrons. The molecule has 3 unspecified atom stereocenters. The van der Waals surface area contributed by atoms with Crippen molar-refractivity contribution in [2.75, 3.05) is 6.61 Å². The molecule has 0 amide bonds. The van der Waals surface area contributed by atoms with Gasteiger partial charge < -0.3 is 9.84 Å². The Bertz CT molecular complexity index is 367. The van der Waals surface area contributed by atoms with E-state index in [2.05, 4.69) is 35.0 Å². The highest BCUT2D eigenvalue weighted by atomic mass is 79.9. The molecule has 3 atom stereocenters. The molecule has 1 aromatic rings. The average Bonchev–Trinajstić information content (AvgIpc) is 2.77. The van der Waals surface area contributed by atoms with Crippen molar-refractivity contribution in [2.24, 2.45) is 5.92 Å². The molecule has 1 aliphatic rings. The number of hydrogen-bond acceptors (Lipinski definition) is 2. The van der Waals surface area contributed by atoms with Gasteiger partial charge in [0.25, 0.3) is 0 Å². The van der Waals surface area contributed by atoms with Crippen LogP contribution in [0.1, 0.15) is 25.3 Å². The third kappa shape index (κ3) is 3.30. The molecule has 17 heavy (non-hydrogen) atoms. The zero-order valence-electron chi connectivity index (χ0n) is 10.1. The maximum absolute atomic E-state index is 10.3. The van der Waals surface area contributed by atoms with E-state index in [-0.39, 0.29) is 12.2 Å². The summed E-state index contributed by atoms with van der Waals surface area (Å²) in [5.41, 5.74) is 1.17. The number of aliphatic hydroxyl groups is 1. The van der Waals surface area contributed by atoms with Crippen LogP contribution in [-0.2, 0) is 11.2 Å². The lowest BCUT2D eigenvalue weighted by Gasteiger charge is -2.22. The van der Waals surface area contributed by atoms with Crippen molar-refractivity contribution in [2.45, 2.75) is 38.4 Å². The second-order valence-electron chi connectivity index (χ2n) is 4.67. The van der Waals surface area contributed by atoms with Gasteiger partial charge in [-0.25, -0.2) is 0 Å². The minimum Gasteiger partial charge on any atom is -0.392 e. The Morgan fingerprint density at radius 3 is 3.06 bits per heavy atom. The molecule has 1 heterocycles. The second-order valence-corrected chi connectivity index (χ2v) is 5.59. The van der Waals surface area contributed by atoms with Crippen LogP contribution in [0.4, 0.5) is 0 Å². The molecule has 0 spiro atoms. The van der Waals surface area contributed by atoms with Crippen LogP contribution in [0.2, 0.25) is 0 Å². The van der Waals surface area contributed by atoms with Gasteiger partial charge in [-0.2, -0.15) is 0 Å². The fourth-order valence-corrected chi connectivity index (χ4v) is 3.03. The first-order valence-electron chi connectivity index (χ1n) is 6.24.